The number of hydrogen-bond donors (Lipinski definition) is 2. The van der Waals surface area contributed by atoms with Crippen LogP contribution < -0.4 is 19.1 Å². The first-order chi connectivity index (χ1) is 24.3. The first-order valence-electron chi connectivity index (χ1n) is 17.6. The van der Waals surface area contributed by atoms with Crippen LogP contribution in [0, 0.1) is 17.8 Å². The Morgan fingerprint density at radius 1 is 1.27 bits per heavy atom. The number of aliphatic hydroxyl groups is 1. The zero-order chi connectivity index (χ0) is 36.5. The fourth-order valence-electron chi connectivity index (χ4n) is 7.99. The number of carbonyl (C=O) groups excluding carboxylic acids is 2. The van der Waals surface area contributed by atoms with Crippen LogP contribution in [-0.2, 0) is 28.8 Å². The van der Waals surface area contributed by atoms with Crippen LogP contribution in [0.25, 0.3) is 0 Å². The Morgan fingerprint density at radius 3 is 2.78 bits per heavy atom. The lowest BCUT2D eigenvalue weighted by Gasteiger charge is -2.45. The SMILES string of the molecule is C=CC[C@H](C)CS(=O)(=NC(=O)c1ccc2c(c1)N(C[C@@H]1CC[C@H]1[C@H](C)O)C[C@@]1(CCCc3cc(Cl)ccc31)CO2)NC(=O)c1cn(C)nc1OC. The lowest BCUT2D eigenvalue weighted by molar-refractivity contribution is 0.0278. The van der Waals surface area contributed by atoms with Gasteiger partial charge in [0.25, 0.3) is 11.8 Å². The smallest absolute Gasteiger partial charge is 0.286 e. The van der Waals surface area contributed by atoms with Crippen LogP contribution in [0.4, 0.5) is 5.69 Å². The van der Waals surface area contributed by atoms with E-state index in [1.807, 2.05) is 19.9 Å². The standard InChI is InChI=1S/C38H48ClN5O6S/c1-6-8-24(2)21-51(48,42-36(47)31-20-43(4)40-37(31)49-5)41-35(46)27-11-15-34-33(18-27)44(19-28-10-13-30(28)25(3)45)22-38(23-50-34)16-7-9-26-17-29(39)12-14-32(26)38/h6,11-12,14-15,17-18,20,24-25,28,30,45H,1,7-10,13,16,19,21-23H2,2-5H3,(H,41,42,46,47,48)/t24-,25-,28-,30-,38-,51?/m0/s1. The summed E-state index contributed by atoms with van der Waals surface area (Å²) in [4.78, 5) is 29.7. The number of ether oxygens (including phenoxy) is 2. The van der Waals surface area contributed by atoms with Gasteiger partial charge >= 0.3 is 0 Å². The fourth-order valence-corrected chi connectivity index (χ4v) is 10.1. The molecule has 51 heavy (non-hydrogen) atoms. The molecule has 0 radical (unpaired) electrons. The fraction of sp³-hybridized carbons (Fsp3) is 0.500. The summed E-state index contributed by atoms with van der Waals surface area (Å²) in [5.74, 6) is -0.491. The van der Waals surface area contributed by atoms with Crippen molar-refractivity contribution in [3.8, 4) is 11.6 Å². The van der Waals surface area contributed by atoms with E-state index in [4.69, 9.17) is 21.1 Å². The number of carbonyl (C=O) groups is 2. The van der Waals surface area contributed by atoms with Gasteiger partial charge in [-0.25, -0.2) is 4.21 Å². The largest absolute Gasteiger partial charge is 0.490 e. The van der Waals surface area contributed by atoms with Crippen molar-refractivity contribution >= 4 is 39.0 Å². The predicted octanol–water partition coefficient (Wildman–Crippen LogP) is 6.13. The number of nitrogens with one attached hydrogen (secondary N) is 1. The molecule has 274 valence electrons. The molecule has 1 saturated carbocycles. The number of fused-ring (bicyclic) bond motifs is 3. The molecule has 2 amide bonds. The van der Waals surface area contributed by atoms with Gasteiger partial charge in [0.2, 0.25) is 5.88 Å². The highest BCUT2D eigenvalue weighted by molar-refractivity contribution is 7.92. The van der Waals surface area contributed by atoms with Gasteiger partial charge in [-0.05, 0) is 105 Å². The minimum atomic E-state index is -3.60. The number of anilines is 1. The highest BCUT2D eigenvalue weighted by Crippen LogP contribution is 2.46. The lowest BCUT2D eigenvalue weighted by atomic mass is 9.68. The molecular formula is C38H48ClN5O6S. The predicted molar refractivity (Wildman–Crippen MR) is 199 cm³/mol. The summed E-state index contributed by atoms with van der Waals surface area (Å²) >= 11 is 6.42. The molecule has 6 rings (SSSR count). The van der Waals surface area contributed by atoms with Crippen LogP contribution in [0.1, 0.15) is 77.8 Å². The first kappa shape index (κ1) is 36.9. The van der Waals surface area contributed by atoms with Crippen molar-refractivity contribution in [3.63, 3.8) is 0 Å². The Balaban J connectivity index is 1.37. The third-order valence-corrected chi connectivity index (χ3v) is 12.9. The number of methoxy groups -OCH3 is 1. The maximum absolute atomic E-state index is 14.4. The molecule has 0 bridgehead atoms. The maximum Gasteiger partial charge on any atom is 0.286 e. The highest BCUT2D eigenvalue weighted by Gasteiger charge is 2.44. The topological polar surface area (TPSA) is 135 Å². The molecule has 6 atom stereocenters. The normalized spacial score (nSPS) is 23.3. The van der Waals surface area contributed by atoms with Gasteiger partial charge in [0.05, 0.1) is 31.3 Å². The van der Waals surface area contributed by atoms with Gasteiger partial charge in [0.15, 0.2) is 0 Å². The molecule has 0 saturated heterocycles. The van der Waals surface area contributed by atoms with E-state index in [1.54, 1.807) is 31.3 Å². The van der Waals surface area contributed by atoms with Gasteiger partial charge in [0, 0.05) is 42.3 Å². The summed E-state index contributed by atoms with van der Waals surface area (Å²) in [6, 6.07) is 11.3. The highest BCUT2D eigenvalue weighted by atomic mass is 35.5. The van der Waals surface area contributed by atoms with Crippen LogP contribution in [0.15, 0.2) is 59.6 Å². The second kappa shape index (κ2) is 15.0. The van der Waals surface area contributed by atoms with Crippen molar-refractivity contribution in [2.75, 3.05) is 37.5 Å². The number of halogens is 1. The van der Waals surface area contributed by atoms with Gasteiger partial charge in [0.1, 0.15) is 21.2 Å². The zero-order valence-corrected chi connectivity index (χ0v) is 31.3. The average Bonchev–Trinajstić information content (AvgIpc) is 3.38. The third-order valence-electron chi connectivity index (χ3n) is 10.6. The minimum absolute atomic E-state index is 0.0619. The molecule has 3 aliphatic rings. The Kier molecular flexibility index (Phi) is 10.9. The van der Waals surface area contributed by atoms with Gasteiger partial charge < -0.3 is 19.5 Å². The molecule has 1 aliphatic heterocycles. The van der Waals surface area contributed by atoms with Gasteiger partial charge in [-0.2, -0.15) is 0 Å². The molecule has 3 aromatic rings. The van der Waals surface area contributed by atoms with Gasteiger partial charge in [-0.3, -0.25) is 19.0 Å². The first-order valence-corrected chi connectivity index (χ1v) is 19.7. The summed E-state index contributed by atoms with van der Waals surface area (Å²) < 4.78 is 34.4. The van der Waals surface area contributed by atoms with E-state index in [2.05, 4.69) is 37.8 Å². The average molecular weight is 738 g/mol. The molecule has 1 spiro atoms. The molecule has 1 fully saturated rings. The maximum atomic E-state index is 14.4. The number of allylic oxidation sites excluding steroid dienone is 1. The number of aryl methyl sites for hydroxylation is 2. The van der Waals surface area contributed by atoms with Crippen LogP contribution in [0.2, 0.25) is 5.02 Å². The van der Waals surface area contributed by atoms with E-state index in [-0.39, 0.29) is 45.9 Å². The van der Waals surface area contributed by atoms with E-state index in [0.29, 0.717) is 36.9 Å². The second-order valence-electron chi connectivity index (χ2n) is 14.5. The number of aliphatic hydroxyl groups excluding tert-OH is 1. The van der Waals surface area contributed by atoms with Crippen LogP contribution >= 0.6 is 11.6 Å². The Morgan fingerprint density at radius 2 is 2.08 bits per heavy atom. The quantitative estimate of drug-likeness (QED) is 0.225. The Bertz CT molecular complexity index is 1940. The molecular weight excluding hydrogens is 690 g/mol. The zero-order valence-electron chi connectivity index (χ0n) is 29.8. The molecule has 13 heteroatoms. The van der Waals surface area contributed by atoms with Crippen LogP contribution in [0.3, 0.4) is 0 Å². The van der Waals surface area contributed by atoms with Crippen LogP contribution in [0.5, 0.6) is 11.6 Å². The van der Waals surface area contributed by atoms with Crippen molar-refractivity contribution in [2.45, 2.75) is 63.9 Å². The molecule has 2 aromatic carbocycles. The van der Waals surface area contributed by atoms with Crippen molar-refractivity contribution in [3.05, 3.63) is 82.5 Å². The van der Waals surface area contributed by atoms with Gasteiger partial charge in [-0.1, -0.05) is 30.7 Å². The number of hydrogen-bond acceptors (Lipinski definition) is 8. The Labute approximate surface area is 305 Å². The second-order valence-corrected chi connectivity index (χ2v) is 17.0. The Hall–Kier alpha value is -3.87. The summed E-state index contributed by atoms with van der Waals surface area (Å²) in [6.45, 7) is 9.31. The van der Waals surface area contributed by atoms with Crippen LogP contribution in [-0.4, -0.2) is 69.6 Å². The lowest BCUT2D eigenvalue weighted by Crippen LogP contribution is -2.49. The number of nitrogens with zero attached hydrogens (tertiary/aromatic N) is 4. The molecule has 2 heterocycles. The molecule has 2 N–H and O–H groups in total. The minimum Gasteiger partial charge on any atom is -0.490 e. The van der Waals surface area contributed by atoms with Gasteiger partial charge in [-0.15, -0.1) is 16.0 Å². The third kappa shape index (κ3) is 7.83. The summed E-state index contributed by atoms with van der Waals surface area (Å²) in [5.41, 5.74) is 3.22. The van der Waals surface area contributed by atoms with Crippen molar-refractivity contribution in [1.29, 1.82) is 0 Å². The van der Waals surface area contributed by atoms with E-state index in [1.165, 1.54) is 29.1 Å². The van der Waals surface area contributed by atoms with Crippen molar-refractivity contribution < 1.29 is 28.4 Å². The van der Waals surface area contributed by atoms with E-state index in [0.717, 1.165) is 37.8 Å². The van der Waals surface area contributed by atoms with Crippen molar-refractivity contribution in [2.24, 2.45) is 29.2 Å². The monoisotopic (exact) mass is 737 g/mol. The number of aromatic nitrogens is 2. The molecule has 2 aliphatic carbocycles. The number of amides is 2. The summed E-state index contributed by atoms with van der Waals surface area (Å²) in [7, 11) is -0.569. The molecule has 11 nitrogen and oxygen atoms in total. The number of rotatable bonds is 11. The summed E-state index contributed by atoms with van der Waals surface area (Å²) in [6.07, 6.45) is 8.12. The molecule has 1 unspecified atom stereocenters. The number of benzene rings is 2. The van der Waals surface area contributed by atoms with E-state index < -0.39 is 27.8 Å². The van der Waals surface area contributed by atoms with E-state index >= 15 is 0 Å². The molecule has 1 aromatic heterocycles. The summed E-state index contributed by atoms with van der Waals surface area (Å²) in [5, 5.41) is 15.4. The van der Waals surface area contributed by atoms with E-state index in [9.17, 15) is 18.9 Å². The van der Waals surface area contributed by atoms with Crippen molar-refractivity contribution in [1.82, 2.24) is 14.5 Å².